The van der Waals surface area contributed by atoms with Crippen LogP contribution in [0.4, 0.5) is 0 Å². The number of rotatable bonds is 38. The summed E-state index contributed by atoms with van der Waals surface area (Å²) in [5, 5.41) is 0. The quantitative estimate of drug-likeness (QED) is 0.0161. The maximum absolute atomic E-state index is 10.1. The first-order valence-corrected chi connectivity index (χ1v) is 27.0. The van der Waals surface area contributed by atoms with E-state index in [1.807, 2.05) is 0 Å². The highest BCUT2D eigenvalue weighted by Crippen LogP contribution is 2.36. The fraction of sp³-hybridized carbons (Fsp3) is 0.672. The van der Waals surface area contributed by atoms with Gasteiger partial charge in [0.1, 0.15) is 0 Å². The van der Waals surface area contributed by atoms with E-state index in [2.05, 4.69) is 111 Å². The molecule has 0 aliphatic carbocycles. The van der Waals surface area contributed by atoms with E-state index in [1.54, 1.807) is 0 Å². The summed E-state index contributed by atoms with van der Waals surface area (Å²) in [6.45, 7) is 9.13. The zero-order valence-electron chi connectivity index (χ0n) is 41.7. The van der Waals surface area contributed by atoms with Crippen LogP contribution in [0.15, 0.2) is 59.7 Å². The molecule has 0 unspecified atom stereocenters. The number of unbranched alkanes of at least 4 members (excludes halogenated alkanes) is 29. The van der Waals surface area contributed by atoms with Crippen molar-refractivity contribution in [1.82, 2.24) is 0 Å². The first kappa shape index (κ1) is 55.6. The van der Waals surface area contributed by atoms with Gasteiger partial charge in [0.2, 0.25) is 0 Å². The van der Waals surface area contributed by atoms with Crippen molar-refractivity contribution in [2.24, 2.45) is 0 Å². The number of hydrogen-bond acceptors (Lipinski definition) is 0. The molecule has 2 heteroatoms. The van der Waals surface area contributed by atoms with Gasteiger partial charge in [0.15, 0.2) is 5.57 Å². The van der Waals surface area contributed by atoms with Crippen molar-refractivity contribution >= 4 is 11.4 Å². The van der Waals surface area contributed by atoms with Crippen molar-refractivity contribution in [3.8, 4) is 23.7 Å². The zero-order valence-corrected chi connectivity index (χ0v) is 41.7. The van der Waals surface area contributed by atoms with E-state index in [1.165, 1.54) is 214 Å². The van der Waals surface area contributed by atoms with Gasteiger partial charge < -0.3 is 5.53 Å². The summed E-state index contributed by atoms with van der Waals surface area (Å²) < 4.78 is 0. The van der Waals surface area contributed by atoms with Gasteiger partial charge >= 0.3 is 5.87 Å². The second-order valence-electron chi connectivity index (χ2n) is 18.5. The molecule has 0 saturated heterocycles. The van der Waals surface area contributed by atoms with Crippen LogP contribution in [-0.2, 0) is 12.8 Å². The van der Waals surface area contributed by atoms with Crippen molar-refractivity contribution in [3.63, 3.8) is 0 Å². The van der Waals surface area contributed by atoms with Crippen LogP contribution in [0, 0.1) is 23.7 Å². The molecule has 2 rings (SSSR count). The minimum atomic E-state index is 0.737. The smallest absolute Gasteiger partial charge is 0.317 e. The summed E-state index contributed by atoms with van der Waals surface area (Å²) in [5.74, 6) is 17.1. The van der Waals surface area contributed by atoms with Gasteiger partial charge in [-0.05, 0) is 78.3 Å². The topological polar surface area (TPSA) is 36.4 Å². The van der Waals surface area contributed by atoms with Gasteiger partial charge in [0.05, 0.1) is 0 Å². The van der Waals surface area contributed by atoms with Crippen LogP contribution in [0.2, 0.25) is 0 Å². The summed E-state index contributed by atoms with van der Waals surface area (Å²) in [6.07, 6.45) is 46.4. The maximum Gasteiger partial charge on any atom is 0.317 e. The lowest BCUT2D eigenvalue weighted by atomic mass is 9.83. The average molecular weight is 855 g/mol. The minimum absolute atomic E-state index is 0.737. The molecule has 0 atom stereocenters. The lowest BCUT2D eigenvalue weighted by molar-refractivity contribution is 0.00770. The van der Waals surface area contributed by atoms with Crippen LogP contribution in [0.25, 0.3) is 11.1 Å². The fourth-order valence-corrected chi connectivity index (χ4v) is 8.87. The molecule has 0 aliphatic heterocycles. The normalized spacial score (nSPS) is 11.2. The molecule has 63 heavy (non-hydrogen) atoms. The number of allylic oxidation sites excluding steroid dienone is 2. The highest BCUT2D eigenvalue weighted by Gasteiger charge is 2.20. The van der Waals surface area contributed by atoms with Crippen LogP contribution in [0.3, 0.4) is 0 Å². The van der Waals surface area contributed by atoms with Gasteiger partial charge in [-0.1, -0.05) is 261 Å². The maximum atomic E-state index is 10.1. The largest absolute Gasteiger partial charge is 0.348 e. The number of aryl methyl sites for hydroxylation is 2. The molecule has 2 aromatic carbocycles. The molecule has 0 aliphatic rings. The summed E-state index contributed by atoms with van der Waals surface area (Å²) in [5.41, 5.74) is 18.3. The molecule has 0 fully saturated rings. The number of benzene rings is 2. The second-order valence-corrected chi connectivity index (χ2v) is 18.5. The van der Waals surface area contributed by atoms with E-state index in [4.69, 9.17) is 0 Å². The van der Waals surface area contributed by atoms with Crippen LogP contribution >= 0.6 is 0 Å². The zero-order chi connectivity index (χ0) is 45.1. The Morgan fingerprint density at radius 2 is 0.937 bits per heavy atom. The van der Waals surface area contributed by atoms with Crippen LogP contribution < -0.4 is 0 Å². The Morgan fingerprint density at radius 3 is 1.48 bits per heavy atom. The molecule has 2 nitrogen and oxygen atoms in total. The highest BCUT2D eigenvalue weighted by atomic mass is 14.8. The third kappa shape index (κ3) is 28.1. The van der Waals surface area contributed by atoms with Crippen molar-refractivity contribution < 1.29 is 4.79 Å². The van der Waals surface area contributed by atoms with E-state index < -0.39 is 0 Å². The first-order chi connectivity index (χ1) is 31.2. The predicted octanol–water partition coefficient (Wildman–Crippen LogP) is 19.1. The summed E-state index contributed by atoms with van der Waals surface area (Å²) >= 11 is 0. The molecule has 0 radical (unpaired) electrons. The Morgan fingerprint density at radius 1 is 0.460 bits per heavy atom. The summed E-state index contributed by atoms with van der Waals surface area (Å²) in [6, 6.07) is 18.1. The van der Waals surface area contributed by atoms with E-state index in [-0.39, 0.29) is 0 Å². The molecule has 0 amide bonds. The molecule has 348 valence electrons. The fourth-order valence-electron chi connectivity index (χ4n) is 8.87. The Balaban J connectivity index is 2.22. The molecule has 0 bridgehead atoms. The van der Waals surface area contributed by atoms with Gasteiger partial charge in [0, 0.05) is 19.3 Å². The van der Waals surface area contributed by atoms with Crippen molar-refractivity contribution in [1.29, 1.82) is 0 Å². The second kappa shape index (κ2) is 41.2. The Bertz CT molecular complexity index is 1670. The van der Waals surface area contributed by atoms with E-state index in [9.17, 15) is 5.53 Å². The highest BCUT2D eigenvalue weighted by molar-refractivity contribution is 5.90. The Labute approximate surface area is 391 Å². The van der Waals surface area contributed by atoms with Gasteiger partial charge in [0.25, 0.3) is 0 Å². The molecule has 2 aromatic rings. The summed E-state index contributed by atoms with van der Waals surface area (Å²) in [4.78, 5) is 3.54. The number of nitrogens with zero attached hydrogens (tertiary/aromatic N) is 2. The SMILES string of the molecule is CCCCCCCCC#CCCc1ccccc1C(=C(CCCCCCCC)C(=C=[N+]=[N-])C#CCCCCCCCCCCCCCCCCCCC)c1cccc(CCCC)c1. The van der Waals surface area contributed by atoms with Crippen LogP contribution in [0.5, 0.6) is 0 Å². The Kier molecular flexibility index (Phi) is 36.3. The Hall–Kier alpha value is -3.54. The molecule has 0 saturated carbocycles. The van der Waals surface area contributed by atoms with E-state index in [0.717, 1.165) is 62.5 Å². The molecule has 0 spiro atoms. The monoisotopic (exact) mass is 855 g/mol. The molecular formula is C61H94N2. The van der Waals surface area contributed by atoms with E-state index >= 15 is 0 Å². The van der Waals surface area contributed by atoms with Crippen molar-refractivity contribution in [3.05, 3.63) is 87.5 Å². The van der Waals surface area contributed by atoms with Gasteiger partial charge in [-0.3, -0.25) is 0 Å². The third-order valence-corrected chi connectivity index (χ3v) is 12.8. The van der Waals surface area contributed by atoms with Crippen LogP contribution in [-0.4, -0.2) is 10.7 Å². The lowest BCUT2D eigenvalue weighted by Crippen LogP contribution is -2.03. The van der Waals surface area contributed by atoms with Crippen LogP contribution in [0.1, 0.15) is 275 Å². The summed E-state index contributed by atoms with van der Waals surface area (Å²) in [7, 11) is 0. The number of hydrogen-bond donors (Lipinski definition) is 0. The standard InChI is InChI=1S/C61H94N2/c1-5-9-13-16-19-21-23-24-25-26-27-28-29-30-31-33-35-37-40-49-58(54-63-62)60(51-41-38-18-15-11-7-3)61(57-50-44-46-55(53-57)45-12-8-4)59-52-43-42-48-56(59)47-39-36-34-32-22-20-17-14-10-6-2/h42-44,46,48,50,52-53H,5-33,35,37-39,41,45,47,51H2,1-4H3. The van der Waals surface area contributed by atoms with E-state index in [0.29, 0.717) is 0 Å². The van der Waals surface area contributed by atoms with Crippen molar-refractivity contribution in [2.45, 2.75) is 265 Å². The first-order valence-electron chi connectivity index (χ1n) is 27.0. The molecule has 0 heterocycles. The molecule has 0 aromatic heterocycles. The van der Waals surface area contributed by atoms with Gasteiger partial charge in [-0.15, -0.1) is 16.6 Å². The predicted molar refractivity (Wildman–Crippen MR) is 278 cm³/mol. The van der Waals surface area contributed by atoms with Gasteiger partial charge in [-0.25, -0.2) is 0 Å². The third-order valence-electron chi connectivity index (χ3n) is 12.8. The van der Waals surface area contributed by atoms with Crippen molar-refractivity contribution in [2.75, 3.05) is 0 Å². The molecule has 0 N–H and O–H groups in total. The molecular weight excluding hydrogens is 761 g/mol. The average Bonchev–Trinajstić information content (AvgIpc) is 3.30. The lowest BCUT2D eigenvalue weighted by Gasteiger charge is -2.19. The van der Waals surface area contributed by atoms with Gasteiger partial charge in [-0.2, -0.15) is 0 Å². The minimum Gasteiger partial charge on any atom is -0.348 e.